The monoisotopic (exact) mass is 244 g/mol. The summed E-state index contributed by atoms with van der Waals surface area (Å²) in [5.74, 6) is -0.653. The molecule has 0 aliphatic heterocycles. The van der Waals surface area contributed by atoms with Gasteiger partial charge in [-0.05, 0) is 25.2 Å². The average molecular weight is 245 g/mol. The van der Waals surface area contributed by atoms with Crippen LogP contribution >= 0.6 is 11.6 Å². The number of rotatable bonds is 4. The fraction of sp³-hybridized carbons (Fsp3) is 0.364. The molecule has 0 aliphatic rings. The highest BCUT2D eigenvalue weighted by atomic mass is 35.5. The third-order valence-corrected chi connectivity index (χ3v) is 2.52. The number of amides is 1. The summed E-state index contributed by atoms with van der Waals surface area (Å²) in [7, 11) is 3.49. The molecule has 1 aromatic rings. The van der Waals surface area contributed by atoms with Crippen LogP contribution < -0.4 is 5.32 Å². The Morgan fingerprint density at radius 3 is 2.81 bits per heavy atom. The predicted octanol–water partition coefficient (Wildman–Crippen LogP) is 1.77. The van der Waals surface area contributed by atoms with Crippen molar-refractivity contribution < 1.29 is 9.18 Å². The van der Waals surface area contributed by atoms with E-state index < -0.39 is 5.82 Å². The van der Waals surface area contributed by atoms with E-state index in [1.165, 1.54) is 17.0 Å². The Morgan fingerprint density at radius 1 is 1.56 bits per heavy atom. The van der Waals surface area contributed by atoms with E-state index in [2.05, 4.69) is 5.32 Å². The molecule has 16 heavy (non-hydrogen) atoms. The third-order valence-electron chi connectivity index (χ3n) is 2.21. The van der Waals surface area contributed by atoms with Crippen LogP contribution in [-0.4, -0.2) is 38.0 Å². The molecule has 0 radical (unpaired) electrons. The van der Waals surface area contributed by atoms with Crippen molar-refractivity contribution in [2.45, 2.75) is 0 Å². The molecule has 1 N–H and O–H groups in total. The Labute approximate surface area is 99.2 Å². The summed E-state index contributed by atoms with van der Waals surface area (Å²) in [5, 5.41) is 3.08. The van der Waals surface area contributed by atoms with Gasteiger partial charge in [-0.15, -0.1) is 0 Å². The molecule has 0 aromatic heterocycles. The Morgan fingerprint density at radius 2 is 2.25 bits per heavy atom. The molecule has 1 rings (SSSR count). The van der Waals surface area contributed by atoms with Gasteiger partial charge in [0.2, 0.25) is 0 Å². The Kier molecular flexibility index (Phi) is 4.71. The smallest absolute Gasteiger partial charge is 0.255 e. The molecule has 0 heterocycles. The Balaban J connectivity index is 2.79. The first-order valence-electron chi connectivity index (χ1n) is 4.91. The van der Waals surface area contributed by atoms with Crippen LogP contribution in [0.3, 0.4) is 0 Å². The topological polar surface area (TPSA) is 32.3 Å². The van der Waals surface area contributed by atoms with E-state index in [1.54, 1.807) is 7.05 Å². The highest BCUT2D eigenvalue weighted by Gasteiger charge is 2.14. The van der Waals surface area contributed by atoms with Crippen molar-refractivity contribution in [3.8, 4) is 0 Å². The van der Waals surface area contributed by atoms with Crippen molar-refractivity contribution in [1.82, 2.24) is 10.2 Å². The summed E-state index contributed by atoms with van der Waals surface area (Å²) in [5.41, 5.74) is 0.321. The minimum Gasteiger partial charge on any atom is -0.340 e. The number of hydrogen-bond acceptors (Lipinski definition) is 2. The summed E-state index contributed by atoms with van der Waals surface area (Å²) in [6.07, 6.45) is 0. The molecule has 1 aromatic carbocycles. The van der Waals surface area contributed by atoms with Crippen LogP contribution in [0.4, 0.5) is 4.39 Å². The molecule has 1 amide bonds. The van der Waals surface area contributed by atoms with E-state index in [4.69, 9.17) is 11.6 Å². The first-order valence-corrected chi connectivity index (χ1v) is 5.29. The largest absolute Gasteiger partial charge is 0.340 e. The van der Waals surface area contributed by atoms with E-state index in [-0.39, 0.29) is 10.9 Å². The van der Waals surface area contributed by atoms with Crippen molar-refractivity contribution in [2.75, 3.05) is 27.2 Å². The number of carbonyl (C=O) groups is 1. The maximum atomic E-state index is 12.8. The second-order valence-corrected chi connectivity index (χ2v) is 3.86. The highest BCUT2D eigenvalue weighted by molar-refractivity contribution is 6.33. The standard InChI is InChI=1S/C11H14ClFN2O/c1-14-5-6-15(2)11(16)9-4-3-8(13)7-10(9)12/h3-4,7,14H,5-6H2,1-2H3. The van der Waals surface area contributed by atoms with E-state index in [0.717, 1.165) is 6.07 Å². The van der Waals surface area contributed by atoms with Crippen LogP contribution in [-0.2, 0) is 0 Å². The zero-order valence-electron chi connectivity index (χ0n) is 9.26. The van der Waals surface area contributed by atoms with Gasteiger partial charge in [-0.1, -0.05) is 11.6 Å². The quantitative estimate of drug-likeness (QED) is 0.876. The van der Waals surface area contributed by atoms with Gasteiger partial charge in [0.05, 0.1) is 10.6 Å². The maximum absolute atomic E-state index is 12.8. The van der Waals surface area contributed by atoms with Gasteiger partial charge in [-0.3, -0.25) is 4.79 Å². The van der Waals surface area contributed by atoms with Crippen LogP contribution in [0.2, 0.25) is 5.02 Å². The number of nitrogens with one attached hydrogen (secondary N) is 1. The molecular weight excluding hydrogens is 231 g/mol. The zero-order valence-corrected chi connectivity index (χ0v) is 10.0. The van der Waals surface area contributed by atoms with Gasteiger partial charge in [0.15, 0.2) is 0 Å². The van der Waals surface area contributed by atoms with Crippen molar-refractivity contribution in [3.63, 3.8) is 0 Å². The molecule has 0 spiro atoms. The van der Waals surface area contributed by atoms with Gasteiger partial charge < -0.3 is 10.2 Å². The van der Waals surface area contributed by atoms with E-state index >= 15 is 0 Å². The second kappa shape index (κ2) is 5.82. The summed E-state index contributed by atoms with van der Waals surface area (Å²) in [6, 6.07) is 3.77. The van der Waals surface area contributed by atoms with Crippen LogP contribution in [0.5, 0.6) is 0 Å². The lowest BCUT2D eigenvalue weighted by molar-refractivity contribution is 0.0797. The first-order chi connectivity index (χ1) is 7.56. The van der Waals surface area contributed by atoms with Crippen molar-refractivity contribution in [1.29, 1.82) is 0 Å². The first kappa shape index (κ1) is 12.9. The van der Waals surface area contributed by atoms with Crippen molar-refractivity contribution in [3.05, 3.63) is 34.6 Å². The molecule has 0 aliphatic carbocycles. The van der Waals surface area contributed by atoms with Crippen LogP contribution in [0.25, 0.3) is 0 Å². The molecule has 5 heteroatoms. The summed E-state index contributed by atoms with van der Waals surface area (Å²) < 4.78 is 12.8. The summed E-state index contributed by atoms with van der Waals surface area (Å²) in [6.45, 7) is 1.27. The lowest BCUT2D eigenvalue weighted by Crippen LogP contribution is -2.32. The number of benzene rings is 1. The number of likely N-dealkylation sites (N-methyl/N-ethyl adjacent to an activating group) is 2. The van der Waals surface area contributed by atoms with E-state index in [9.17, 15) is 9.18 Å². The van der Waals surface area contributed by atoms with Crippen LogP contribution in [0, 0.1) is 5.82 Å². The summed E-state index contributed by atoms with van der Waals surface area (Å²) >= 11 is 5.80. The van der Waals surface area contributed by atoms with E-state index in [1.807, 2.05) is 7.05 Å². The normalized spacial score (nSPS) is 10.2. The Bertz CT molecular complexity index is 384. The summed E-state index contributed by atoms with van der Waals surface area (Å²) in [4.78, 5) is 13.4. The van der Waals surface area contributed by atoms with Crippen molar-refractivity contribution >= 4 is 17.5 Å². The third kappa shape index (κ3) is 3.18. The average Bonchev–Trinajstić information content (AvgIpc) is 2.25. The lowest BCUT2D eigenvalue weighted by atomic mass is 10.2. The molecule has 0 fully saturated rings. The van der Waals surface area contributed by atoms with Crippen LogP contribution in [0.1, 0.15) is 10.4 Å². The molecule has 0 saturated carbocycles. The van der Waals surface area contributed by atoms with Crippen LogP contribution in [0.15, 0.2) is 18.2 Å². The molecule has 3 nitrogen and oxygen atoms in total. The molecule has 88 valence electrons. The van der Waals surface area contributed by atoms with Gasteiger partial charge in [-0.2, -0.15) is 0 Å². The van der Waals surface area contributed by atoms with Gasteiger partial charge in [-0.25, -0.2) is 4.39 Å². The number of hydrogen-bond donors (Lipinski definition) is 1. The molecule has 0 unspecified atom stereocenters. The fourth-order valence-corrected chi connectivity index (χ4v) is 1.50. The van der Waals surface area contributed by atoms with Gasteiger partial charge >= 0.3 is 0 Å². The van der Waals surface area contributed by atoms with Crippen molar-refractivity contribution in [2.24, 2.45) is 0 Å². The lowest BCUT2D eigenvalue weighted by Gasteiger charge is -2.17. The maximum Gasteiger partial charge on any atom is 0.255 e. The highest BCUT2D eigenvalue weighted by Crippen LogP contribution is 2.18. The second-order valence-electron chi connectivity index (χ2n) is 3.45. The zero-order chi connectivity index (χ0) is 12.1. The molecule has 0 atom stereocenters. The van der Waals surface area contributed by atoms with Gasteiger partial charge in [0.25, 0.3) is 5.91 Å². The molecular formula is C11H14ClFN2O. The van der Waals surface area contributed by atoms with Gasteiger partial charge in [0, 0.05) is 20.1 Å². The Hall–Kier alpha value is -1.13. The number of halogens is 2. The number of nitrogens with zero attached hydrogens (tertiary/aromatic N) is 1. The SMILES string of the molecule is CNCCN(C)C(=O)c1ccc(F)cc1Cl. The number of carbonyl (C=O) groups excluding carboxylic acids is 1. The minimum atomic E-state index is -0.445. The predicted molar refractivity (Wildman–Crippen MR) is 62.3 cm³/mol. The fourth-order valence-electron chi connectivity index (χ4n) is 1.25. The molecule has 0 saturated heterocycles. The van der Waals surface area contributed by atoms with E-state index in [0.29, 0.717) is 18.7 Å². The molecule has 0 bridgehead atoms. The van der Waals surface area contributed by atoms with Gasteiger partial charge in [0.1, 0.15) is 5.82 Å². The minimum absolute atomic E-state index is 0.140.